The first-order chi connectivity index (χ1) is 10.2. The minimum atomic E-state index is 0.191. The zero-order valence-corrected chi connectivity index (χ0v) is 13.2. The Morgan fingerprint density at radius 2 is 2.14 bits per heavy atom. The van der Waals surface area contributed by atoms with Crippen LogP contribution in [0.2, 0.25) is 0 Å². The summed E-state index contributed by atoms with van der Waals surface area (Å²) in [7, 11) is 0. The summed E-state index contributed by atoms with van der Waals surface area (Å²) >= 11 is 3.45. The quantitative estimate of drug-likeness (QED) is 0.853. The summed E-state index contributed by atoms with van der Waals surface area (Å²) in [4.78, 5) is 18.3. The smallest absolute Gasteiger partial charge is 0.224 e. The minimum absolute atomic E-state index is 0.191. The molecule has 1 saturated heterocycles. The van der Waals surface area contributed by atoms with E-state index in [0.717, 1.165) is 23.9 Å². The third kappa shape index (κ3) is 3.32. The van der Waals surface area contributed by atoms with Crippen molar-refractivity contribution in [2.45, 2.75) is 31.8 Å². The molecule has 1 aliphatic heterocycles. The lowest BCUT2D eigenvalue weighted by Gasteiger charge is -2.25. The van der Waals surface area contributed by atoms with Crippen molar-refractivity contribution in [3.8, 4) is 0 Å². The fourth-order valence-corrected chi connectivity index (χ4v) is 3.06. The van der Waals surface area contributed by atoms with Crippen LogP contribution in [0.4, 0.5) is 0 Å². The molecule has 3 rings (SSSR count). The lowest BCUT2D eigenvalue weighted by atomic mass is 10.0. The molecule has 1 fully saturated rings. The molecule has 0 aliphatic carbocycles. The second-order valence-electron chi connectivity index (χ2n) is 5.21. The average molecular weight is 349 g/mol. The zero-order valence-electron chi connectivity index (χ0n) is 11.7. The molecule has 1 aliphatic rings. The molecule has 0 N–H and O–H groups in total. The second kappa shape index (κ2) is 6.39. The van der Waals surface area contributed by atoms with Gasteiger partial charge < -0.3 is 4.90 Å². The van der Waals surface area contributed by atoms with Gasteiger partial charge in [-0.15, -0.1) is 0 Å². The molecule has 110 valence electrons. The lowest BCUT2D eigenvalue weighted by Crippen LogP contribution is -2.31. The van der Waals surface area contributed by atoms with Crippen molar-refractivity contribution in [2.24, 2.45) is 0 Å². The van der Waals surface area contributed by atoms with Crippen molar-refractivity contribution in [2.75, 3.05) is 6.54 Å². The maximum absolute atomic E-state index is 12.4. The van der Waals surface area contributed by atoms with E-state index >= 15 is 0 Å². The predicted molar refractivity (Wildman–Crippen MR) is 82.5 cm³/mol. The maximum atomic E-state index is 12.4. The van der Waals surface area contributed by atoms with Gasteiger partial charge in [-0.1, -0.05) is 28.1 Å². The number of aromatic nitrogens is 3. The van der Waals surface area contributed by atoms with E-state index in [0.29, 0.717) is 13.0 Å². The highest BCUT2D eigenvalue weighted by atomic mass is 79.9. The number of nitrogens with zero attached hydrogens (tertiary/aromatic N) is 4. The normalized spacial score (nSPS) is 18.1. The molecule has 2 aromatic rings. The van der Waals surface area contributed by atoms with Crippen LogP contribution in [0.1, 0.15) is 30.9 Å². The summed E-state index contributed by atoms with van der Waals surface area (Å²) in [5.41, 5.74) is 1.21. The van der Waals surface area contributed by atoms with Gasteiger partial charge in [0.25, 0.3) is 0 Å². The third-order valence-corrected chi connectivity index (χ3v) is 4.38. The molecule has 1 atom stereocenters. The molecule has 1 aromatic carbocycles. The Hall–Kier alpha value is -1.69. The average Bonchev–Trinajstić information content (AvgIpc) is 3.17. The van der Waals surface area contributed by atoms with Crippen molar-refractivity contribution in [3.05, 3.63) is 47.0 Å². The summed E-state index contributed by atoms with van der Waals surface area (Å²) in [6, 6.07) is 8.47. The Labute approximate surface area is 132 Å². The van der Waals surface area contributed by atoms with Crippen LogP contribution in [0, 0.1) is 0 Å². The van der Waals surface area contributed by atoms with Gasteiger partial charge in [0.05, 0.1) is 12.6 Å². The van der Waals surface area contributed by atoms with Crippen LogP contribution in [-0.4, -0.2) is 32.1 Å². The number of rotatable bonds is 4. The molecule has 0 unspecified atom stereocenters. The Kier molecular flexibility index (Phi) is 4.34. The molecule has 0 saturated carbocycles. The fraction of sp³-hybridized carbons (Fsp3) is 0.400. The highest BCUT2D eigenvalue weighted by Crippen LogP contribution is 2.32. The van der Waals surface area contributed by atoms with Gasteiger partial charge in [0.1, 0.15) is 12.7 Å². The summed E-state index contributed by atoms with van der Waals surface area (Å²) < 4.78 is 2.76. The van der Waals surface area contributed by atoms with Crippen LogP contribution in [-0.2, 0) is 11.3 Å². The van der Waals surface area contributed by atoms with Gasteiger partial charge in [0.2, 0.25) is 5.91 Å². The summed E-state index contributed by atoms with van der Waals surface area (Å²) in [6.45, 7) is 1.43. The van der Waals surface area contributed by atoms with E-state index in [1.807, 2.05) is 17.0 Å². The van der Waals surface area contributed by atoms with Crippen LogP contribution in [0.3, 0.4) is 0 Å². The fourth-order valence-electron chi connectivity index (χ4n) is 2.80. The van der Waals surface area contributed by atoms with Gasteiger partial charge in [0, 0.05) is 17.4 Å². The van der Waals surface area contributed by atoms with Gasteiger partial charge in [-0.3, -0.25) is 9.48 Å². The van der Waals surface area contributed by atoms with Crippen molar-refractivity contribution in [1.82, 2.24) is 19.7 Å². The van der Waals surface area contributed by atoms with Crippen LogP contribution < -0.4 is 0 Å². The third-order valence-electron chi connectivity index (χ3n) is 3.85. The van der Waals surface area contributed by atoms with Crippen molar-refractivity contribution >= 4 is 21.8 Å². The van der Waals surface area contributed by atoms with Gasteiger partial charge in [-0.2, -0.15) is 5.10 Å². The summed E-state index contributed by atoms with van der Waals surface area (Å²) in [5, 5.41) is 4.03. The highest BCUT2D eigenvalue weighted by molar-refractivity contribution is 9.10. The highest BCUT2D eigenvalue weighted by Gasteiger charge is 2.29. The van der Waals surface area contributed by atoms with E-state index in [1.54, 1.807) is 11.0 Å². The van der Waals surface area contributed by atoms with Gasteiger partial charge >= 0.3 is 0 Å². The summed E-state index contributed by atoms with van der Waals surface area (Å²) in [6.07, 6.45) is 5.71. The topological polar surface area (TPSA) is 51.0 Å². The van der Waals surface area contributed by atoms with E-state index in [-0.39, 0.29) is 11.9 Å². The molecule has 0 bridgehead atoms. The van der Waals surface area contributed by atoms with Crippen LogP contribution >= 0.6 is 15.9 Å². The Morgan fingerprint density at radius 3 is 2.86 bits per heavy atom. The van der Waals surface area contributed by atoms with E-state index < -0.39 is 0 Å². The second-order valence-corrected chi connectivity index (χ2v) is 6.12. The van der Waals surface area contributed by atoms with Gasteiger partial charge in [-0.25, -0.2) is 4.98 Å². The molecule has 5 nitrogen and oxygen atoms in total. The van der Waals surface area contributed by atoms with E-state index in [2.05, 4.69) is 38.1 Å². The molecular weight excluding hydrogens is 332 g/mol. The maximum Gasteiger partial charge on any atom is 0.224 e. The first-order valence-corrected chi connectivity index (χ1v) is 7.91. The monoisotopic (exact) mass is 348 g/mol. The van der Waals surface area contributed by atoms with Gasteiger partial charge in [0.15, 0.2) is 0 Å². The van der Waals surface area contributed by atoms with Gasteiger partial charge in [-0.05, 0) is 30.5 Å². The van der Waals surface area contributed by atoms with E-state index in [4.69, 9.17) is 0 Å². The molecule has 1 amide bonds. The first kappa shape index (κ1) is 14.3. The van der Waals surface area contributed by atoms with Crippen LogP contribution in [0.25, 0.3) is 0 Å². The molecule has 2 heterocycles. The Bertz CT molecular complexity index is 597. The number of aryl methyl sites for hydroxylation is 1. The molecular formula is C15H17BrN4O. The first-order valence-electron chi connectivity index (χ1n) is 7.11. The predicted octanol–water partition coefficient (Wildman–Crippen LogP) is 2.79. The Balaban J connectivity index is 1.65. The van der Waals surface area contributed by atoms with E-state index in [9.17, 15) is 4.79 Å². The minimum Gasteiger partial charge on any atom is -0.336 e. The van der Waals surface area contributed by atoms with Crippen molar-refractivity contribution in [3.63, 3.8) is 0 Å². The number of amides is 1. The lowest BCUT2D eigenvalue weighted by molar-refractivity contribution is -0.132. The van der Waals surface area contributed by atoms with Crippen LogP contribution in [0.5, 0.6) is 0 Å². The number of halogens is 1. The van der Waals surface area contributed by atoms with Crippen molar-refractivity contribution in [1.29, 1.82) is 0 Å². The SMILES string of the molecule is O=C(CCn1cncn1)N1CCC[C@@H]1c1ccc(Br)cc1. The Morgan fingerprint density at radius 1 is 1.33 bits per heavy atom. The molecule has 1 aromatic heterocycles. The van der Waals surface area contributed by atoms with E-state index in [1.165, 1.54) is 11.9 Å². The largest absolute Gasteiger partial charge is 0.336 e. The standard InChI is InChI=1S/C15H17BrN4O/c16-13-5-3-12(4-6-13)14-2-1-8-20(14)15(21)7-9-19-11-17-10-18-19/h3-6,10-11,14H,1-2,7-9H2/t14-/m1/s1. The number of hydrogen-bond donors (Lipinski definition) is 0. The number of carbonyl (C=O) groups excluding carboxylic acids is 1. The number of hydrogen-bond acceptors (Lipinski definition) is 3. The van der Waals surface area contributed by atoms with Crippen molar-refractivity contribution < 1.29 is 4.79 Å². The summed E-state index contributed by atoms with van der Waals surface area (Å²) in [5.74, 6) is 0.191. The number of carbonyl (C=O) groups is 1. The van der Waals surface area contributed by atoms with Crippen LogP contribution in [0.15, 0.2) is 41.4 Å². The molecule has 0 radical (unpaired) electrons. The molecule has 21 heavy (non-hydrogen) atoms. The zero-order chi connectivity index (χ0) is 14.7. The number of likely N-dealkylation sites (tertiary alicyclic amines) is 1. The number of benzene rings is 1. The molecule has 0 spiro atoms. The molecule has 6 heteroatoms.